The van der Waals surface area contributed by atoms with E-state index in [2.05, 4.69) is 5.48 Å². The number of hydroxylamine groups is 1. The highest BCUT2D eigenvalue weighted by Gasteiger charge is 2.36. The molecule has 0 radical (unpaired) electrons. The van der Waals surface area contributed by atoms with Gasteiger partial charge in [0.05, 0.1) is 12.9 Å². The Morgan fingerprint density at radius 3 is 2.50 bits per heavy atom. The fourth-order valence-corrected chi connectivity index (χ4v) is 3.35. The second kappa shape index (κ2) is 8.10. The molecule has 2 aromatic carbocycles. The first-order valence-electron chi connectivity index (χ1n) is 9.09. The summed E-state index contributed by atoms with van der Waals surface area (Å²) in [4.78, 5) is 32.6. The van der Waals surface area contributed by atoms with Crippen LogP contribution in [-0.4, -0.2) is 22.8 Å². The predicted molar refractivity (Wildman–Crippen MR) is 102 cm³/mol. The molecule has 0 spiro atoms. The fraction of sp³-hybridized carbons (Fsp3) is 0.182. The Bertz CT molecular complexity index is 954. The van der Waals surface area contributed by atoms with Crippen LogP contribution < -0.4 is 5.48 Å². The summed E-state index contributed by atoms with van der Waals surface area (Å²) in [6.07, 6.45) is 1.87. The summed E-state index contributed by atoms with van der Waals surface area (Å²) >= 11 is 0. The van der Waals surface area contributed by atoms with Gasteiger partial charge in [-0.2, -0.15) is 0 Å². The van der Waals surface area contributed by atoms with Gasteiger partial charge in [0.2, 0.25) is 0 Å². The van der Waals surface area contributed by atoms with Crippen LogP contribution in [0, 0.1) is 0 Å². The quantitative estimate of drug-likeness (QED) is 0.695. The highest BCUT2D eigenvalue weighted by atomic mass is 16.6. The van der Waals surface area contributed by atoms with E-state index in [1.165, 1.54) is 11.2 Å². The summed E-state index contributed by atoms with van der Waals surface area (Å²) in [6.45, 7) is 0.592. The van der Waals surface area contributed by atoms with E-state index in [1.807, 2.05) is 54.6 Å². The summed E-state index contributed by atoms with van der Waals surface area (Å²) < 4.78 is 5.25. The molecule has 28 heavy (non-hydrogen) atoms. The van der Waals surface area contributed by atoms with Crippen molar-refractivity contribution in [3.8, 4) is 0 Å². The van der Waals surface area contributed by atoms with E-state index in [0.29, 0.717) is 13.0 Å². The lowest BCUT2D eigenvalue weighted by Crippen LogP contribution is -2.52. The minimum atomic E-state index is -0.678. The molecule has 1 aliphatic rings. The van der Waals surface area contributed by atoms with Gasteiger partial charge in [0.15, 0.2) is 5.76 Å². The molecule has 1 atom stereocenters. The maximum absolute atomic E-state index is 12.9. The SMILES string of the molecule is O=C(NOCc1ccccc1)C1Cc2ccccc2CN1C(=O)c1ccco1. The molecule has 3 aromatic rings. The predicted octanol–water partition coefficient (Wildman–Crippen LogP) is 3.09. The Morgan fingerprint density at radius 1 is 1.00 bits per heavy atom. The van der Waals surface area contributed by atoms with Crippen LogP contribution in [0.5, 0.6) is 0 Å². The molecule has 1 aliphatic heterocycles. The Morgan fingerprint density at radius 2 is 1.75 bits per heavy atom. The lowest BCUT2D eigenvalue weighted by molar-refractivity contribution is -0.140. The topological polar surface area (TPSA) is 71.8 Å². The highest BCUT2D eigenvalue weighted by molar-refractivity contribution is 5.95. The molecule has 0 aliphatic carbocycles. The van der Waals surface area contributed by atoms with Gasteiger partial charge in [-0.1, -0.05) is 54.6 Å². The summed E-state index contributed by atoms with van der Waals surface area (Å²) in [5.41, 5.74) is 5.52. The van der Waals surface area contributed by atoms with Crippen molar-refractivity contribution >= 4 is 11.8 Å². The van der Waals surface area contributed by atoms with Gasteiger partial charge in [-0.25, -0.2) is 5.48 Å². The Hall–Kier alpha value is -3.38. The van der Waals surface area contributed by atoms with Gasteiger partial charge in [0.25, 0.3) is 11.8 Å². The van der Waals surface area contributed by atoms with Crippen molar-refractivity contribution < 1.29 is 18.8 Å². The first-order chi connectivity index (χ1) is 13.7. The lowest BCUT2D eigenvalue weighted by Gasteiger charge is -2.35. The summed E-state index contributed by atoms with van der Waals surface area (Å²) in [5, 5.41) is 0. The van der Waals surface area contributed by atoms with E-state index >= 15 is 0 Å². The van der Waals surface area contributed by atoms with E-state index in [-0.39, 0.29) is 24.2 Å². The number of amides is 2. The van der Waals surface area contributed by atoms with Crippen LogP contribution in [0.1, 0.15) is 27.2 Å². The normalized spacial score (nSPS) is 15.7. The number of fused-ring (bicyclic) bond motifs is 1. The molecule has 0 bridgehead atoms. The highest BCUT2D eigenvalue weighted by Crippen LogP contribution is 2.25. The van der Waals surface area contributed by atoms with Gasteiger partial charge in [-0.05, 0) is 28.8 Å². The summed E-state index contributed by atoms with van der Waals surface area (Å²) in [7, 11) is 0. The van der Waals surface area contributed by atoms with Crippen molar-refractivity contribution in [2.75, 3.05) is 0 Å². The molecule has 0 fully saturated rings. The molecule has 0 saturated heterocycles. The van der Waals surface area contributed by atoms with Crippen molar-refractivity contribution in [3.05, 3.63) is 95.4 Å². The van der Waals surface area contributed by atoms with Gasteiger partial charge < -0.3 is 9.32 Å². The second-order valence-electron chi connectivity index (χ2n) is 6.64. The molecular formula is C22H20N2O4. The molecule has 1 unspecified atom stereocenters. The van der Waals surface area contributed by atoms with E-state index in [9.17, 15) is 9.59 Å². The smallest absolute Gasteiger partial charge is 0.290 e. The Balaban J connectivity index is 1.50. The molecule has 1 aromatic heterocycles. The molecule has 142 valence electrons. The standard InChI is InChI=1S/C22H20N2O4/c25-21(23-28-15-16-7-2-1-3-8-16)19-13-17-9-4-5-10-18(17)14-24(19)22(26)20-11-6-12-27-20/h1-12,19H,13-15H2,(H,23,25). The molecule has 2 heterocycles. The van der Waals surface area contributed by atoms with E-state index in [4.69, 9.17) is 9.25 Å². The average molecular weight is 376 g/mol. The molecule has 0 saturated carbocycles. The van der Waals surface area contributed by atoms with Crippen LogP contribution >= 0.6 is 0 Å². The van der Waals surface area contributed by atoms with Crippen molar-refractivity contribution in [1.82, 2.24) is 10.4 Å². The third-order valence-electron chi connectivity index (χ3n) is 4.80. The molecule has 6 heteroatoms. The monoisotopic (exact) mass is 376 g/mol. The Kier molecular flexibility index (Phi) is 5.21. The Labute approximate surface area is 162 Å². The van der Waals surface area contributed by atoms with Crippen molar-refractivity contribution in [2.45, 2.75) is 25.6 Å². The molecular weight excluding hydrogens is 356 g/mol. The van der Waals surface area contributed by atoms with E-state index in [0.717, 1.165) is 16.7 Å². The number of rotatable bonds is 5. The number of nitrogens with one attached hydrogen (secondary N) is 1. The first-order valence-corrected chi connectivity index (χ1v) is 9.09. The number of hydrogen-bond donors (Lipinski definition) is 1. The van der Waals surface area contributed by atoms with Crippen LogP contribution in [-0.2, 0) is 29.2 Å². The van der Waals surface area contributed by atoms with Gasteiger partial charge in [0, 0.05) is 13.0 Å². The van der Waals surface area contributed by atoms with Crippen LogP contribution in [0.25, 0.3) is 0 Å². The van der Waals surface area contributed by atoms with E-state index in [1.54, 1.807) is 12.1 Å². The van der Waals surface area contributed by atoms with E-state index < -0.39 is 6.04 Å². The summed E-state index contributed by atoms with van der Waals surface area (Å²) in [5.74, 6) is -0.463. The number of hydrogen-bond acceptors (Lipinski definition) is 4. The minimum absolute atomic E-state index is 0.211. The van der Waals surface area contributed by atoms with Crippen molar-refractivity contribution in [3.63, 3.8) is 0 Å². The van der Waals surface area contributed by atoms with Crippen LogP contribution in [0.2, 0.25) is 0 Å². The van der Waals surface area contributed by atoms with Crippen LogP contribution in [0.15, 0.2) is 77.4 Å². The number of nitrogens with zero attached hydrogens (tertiary/aromatic N) is 1. The third-order valence-corrected chi connectivity index (χ3v) is 4.80. The largest absolute Gasteiger partial charge is 0.459 e. The zero-order valence-corrected chi connectivity index (χ0v) is 15.2. The lowest BCUT2D eigenvalue weighted by atomic mass is 9.93. The fourth-order valence-electron chi connectivity index (χ4n) is 3.35. The van der Waals surface area contributed by atoms with Crippen molar-refractivity contribution in [1.29, 1.82) is 0 Å². The molecule has 4 rings (SSSR count). The van der Waals surface area contributed by atoms with Gasteiger partial charge in [0.1, 0.15) is 6.04 Å². The molecule has 2 amide bonds. The average Bonchev–Trinajstić information content (AvgIpc) is 3.28. The number of benzene rings is 2. The maximum atomic E-state index is 12.9. The number of furan rings is 1. The maximum Gasteiger partial charge on any atom is 0.290 e. The molecule has 6 nitrogen and oxygen atoms in total. The third kappa shape index (κ3) is 3.82. The zero-order chi connectivity index (χ0) is 19.3. The number of carbonyl (C=O) groups excluding carboxylic acids is 2. The second-order valence-corrected chi connectivity index (χ2v) is 6.64. The van der Waals surface area contributed by atoms with Gasteiger partial charge in [-0.3, -0.25) is 14.4 Å². The van der Waals surface area contributed by atoms with Gasteiger partial charge >= 0.3 is 0 Å². The van der Waals surface area contributed by atoms with Crippen molar-refractivity contribution in [2.24, 2.45) is 0 Å². The first kappa shape index (κ1) is 18.0. The van der Waals surface area contributed by atoms with Crippen LogP contribution in [0.4, 0.5) is 0 Å². The zero-order valence-electron chi connectivity index (χ0n) is 15.2. The summed E-state index contributed by atoms with van der Waals surface area (Å²) in [6, 6.07) is 19.9. The minimum Gasteiger partial charge on any atom is -0.459 e. The number of carbonyl (C=O) groups is 2. The molecule has 1 N–H and O–H groups in total. The van der Waals surface area contributed by atoms with Gasteiger partial charge in [-0.15, -0.1) is 0 Å². The van der Waals surface area contributed by atoms with Crippen LogP contribution in [0.3, 0.4) is 0 Å².